The molecule has 1 fully saturated rings. The number of benzene rings is 1. The summed E-state index contributed by atoms with van der Waals surface area (Å²) in [6.07, 6.45) is 4.63. The number of halogens is 1. The van der Waals surface area contributed by atoms with Crippen molar-refractivity contribution < 1.29 is 8.91 Å². The molecule has 0 amide bonds. The standard InChI is InChI=1S/C14H17FN2O/c15-11-5-6-12-13(16-18-14(12)10-11)4-3-9-17-7-1-2-8-17/h5-6,10H,1-4,7-9H2. The van der Waals surface area contributed by atoms with Crippen LogP contribution in [-0.4, -0.2) is 29.7 Å². The molecule has 2 aromatic rings. The Morgan fingerprint density at radius 1 is 1.28 bits per heavy atom. The van der Waals surface area contributed by atoms with Crippen molar-refractivity contribution in [2.75, 3.05) is 19.6 Å². The lowest BCUT2D eigenvalue weighted by Gasteiger charge is -2.13. The van der Waals surface area contributed by atoms with Gasteiger partial charge in [0.1, 0.15) is 5.82 Å². The summed E-state index contributed by atoms with van der Waals surface area (Å²) in [5.41, 5.74) is 1.50. The molecule has 0 saturated carbocycles. The van der Waals surface area contributed by atoms with E-state index in [0.29, 0.717) is 5.58 Å². The Labute approximate surface area is 106 Å². The van der Waals surface area contributed by atoms with Crippen molar-refractivity contribution in [3.8, 4) is 0 Å². The van der Waals surface area contributed by atoms with Gasteiger partial charge in [-0.2, -0.15) is 0 Å². The number of hydrogen-bond acceptors (Lipinski definition) is 3. The van der Waals surface area contributed by atoms with Gasteiger partial charge in [-0.3, -0.25) is 0 Å². The molecule has 0 unspecified atom stereocenters. The third-order valence-corrected chi connectivity index (χ3v) is 3.60. The van der Waals surface area contributed by atoms with Crippen LogP contribution < -0.4 is 0 Å². The average Bonchev–Trinajstić information content (AvgIpc) is 2.99. The maximum absolute atomic E-state index is 13.0. The molecule has 0 spiro atoms. The van der Waals surface area contributed by atoms with Gasteiger partial charge in [-0.05, 0) is 57.5 Å². The number of nitrogens with zero attached hydrogens (tertiary/aromatic N) is 2. The number of hydrogen-bond donors (Lipinski definition) is 0. The molecule has 1 saturated heterocycles. The first-order chi connectivity index (χ1) is 8.83. The Morgan fingerprint density at radius 3 is 2.94 bits per heavy atom. The van der Waals surface area contributed by atoms with Crippen LogP contribution in [-0.2, 0) is 6.42 Å². The Kier molecular flexibility index (Phi) is 3.28. The topological polar surface area (TPSA) is 29.3 Å². The zero-order chi connectivity index (χ0) is 12.4. The Bertz CT molecular complexity index is 532. The third kappa shape index (κ3) is 2.38. The molecule has 1 aromatic carbocycles. The Morgan fingerprint density at radius 2 is 2.11 bits per heavy atom. The summed E-state index contributed by atoms with van der Waals surface area (Å²) in [4.78, 5) is 2.49. The first-order valence-corrected chi connectivity index (χ1v) is 6.59. The van der Waals surface area contributed by atoms with E-state index in [0.717, 1.165) is 30.5 Å². The molecule has 4 heteroatoms. The van der Waals surface area contributed by atoms with E-state index in [1.54, 1.807) is 6.07 Å². The van der Waals surface area contributed by atoms with Crippen LogP contribution in [0.5, 0.6) is 0 Å². The lowest BCUT2D eigenvalue weighted by atomic mass is 10.1. The van der Waals surface area contributed by atoms with E-state index in [1.165, 1.54) is 38.1 Å². The van der Waals surface area contributed by atoms with Crippen LogP contribution in [0, 0.1) is 5.82 Å². The SMILES string of the molecule is Fc1ccc2c(CCCN3CCCC3)noc2c1. The van der Waals surface area contributed by atoms with Crippen LogP contribution in [0.3, 0.4) is 0 Å². The van der Waals surface area contributed by atoms with E-state index in [1.807, 2.05) is 0 Å². The smallest absolute Gasteiger partial charge is 0.170 e. The normalized spacial score (nSPS) is 16.7. The van der Waals surface area contributed by atoms with Gasteiger partial charge in [0.25, 0.3) is 0 Å². The van der Waals surface area contributed by atoms with Gasteiger partial charge in [0.15, 0.2) is 5.58 Å². The fourth-order valence-electron chi connectivity index (χ4n) is 2.62. The van der Waals surface area contributed by atoms with Gasteiger partial charge in [0, 0.05) is 11.5 Å². The highest BCUT2D eigenvalue weighted by molar-refractivity contribution is 5.79. The maximum atomic E-state index is 13.0. The van der Waals surface area contributed by atoms with Gasteiger partial charge in [-0.25, -0.2) is 4.39 Å². The summed E-state index contributed by atoms with van der Waals surface area (Å²) in [5, 5.41) is 4.98. The van der Waals surface area contributed by atoms with Crippen LogP contribution in [0.1, 0.15) is 25.0 Å². The maximum Gasteiger partial charge on any atom is 0.170 e. The van der Waals surface area contributed by atoms with Crippen molar-refractivity contribution in [1.29, 1.82) is 0 Å². The van der Waals surface area contributed by atoms with E-state index in [-0.39, 0.29) is 5.82 Å². The van der Waals surface area contributed by atoms with Crippen molar-refractivity contribution in [2.24, 2.45) is 0 Å². The largest absolute Gasteiger partial charge is 0.356 e. The highest BCUT2D eigenvalue weighted by Gasteiger charge is 2.12. The second-order valence-electron chi connectivity index (χ2n) is 4.92. The van der Waals surface area contributed by atoms with Crippen molar-refractivity contribution in [2.45, 2.75) is 25.7 Å². The molecule has 18 heavy (non-hydrogen) atoms. The summed E-state index contributed by atoms with van der Waals surface area (Å²) in [6, 6.07) is 4.61. The summed E-state index contributed by atoms with van der Waals surface area (Å²) < 4.78 is 18.2. The molecule has 1 aromatic heterocycles. The lowest BCUT2D eigenvalue weighted by Crippen LogP contribution is -2.20. The average molecular weight is 248 g/mol. The quantitative estimate of drug-likeness (QED) is 0.833. The number of fused-ring (bicyclic) bond motifs is 1. The number of likely N-dealkylation sites (tertiary alicyclic amines) is 1. The van der Waals surface area contributed by atoms with E-state index < -0.39 is 0 Å². The predicted molar refractivity (Wildman–Crippen MR) is 68.0 cm³/mol. The van der Waals surface area contributed by atoms with E-state index in [2.05, 4.69) is 10.1 Å². The minimum Gasteiger partial charge on any atom is -0.356 e. The van der Waals surface area contributed by atoms with Crippen LogP contribution in [0.2, 0.25) is 0 Å². The lowest BCUT2D eigenvalue weighted by molar-refractivity contribution is 0.332. The molecule has 0 atom stereocenters. The minimum absolute atomic E-state index is 0.276. The summed E-state index contributed by atoms with van der Waals surface area (Å²) >= 11 is 0. The third-order valence-electron chi connectivity index (χ3n) is 3.60. The molecule has 0 radical (unpaired) electrons. The van der Waals surface area contributed by atoms with E-state index in [4.69, 9.17) is 4.52 Å². The molecular formula is C14H17FN2O. The van der Waals surface area contributed by atoms with Crippen LogP contribution in [0.4, 0.5) is 4.39 Å². The van der Waals surface area contributed by atoms with E-state index in [9.17, 15) is 4.39 Å². The highest BCUT2D eigenvalue weighted by Crippen LogP contribution is 2.20. The second kappa shape index (κ2) is 5.06. The molecular weight excluding hydrogens is 231 g/mol. The van der Waals surface area contributed by atoms with Gasteiger partial charge >= 0.3 is 0 Å². The molecule has 3 rings (SSSR count). The fraction of sp³-hybridized carbons (Fsp3) is 0.500. The van der Waals surface area contributed by atoms with Gasteiger partial charge in [0.05, 0.1) is 5.69 Å². The number of aryl methyl sites for hydroxylation is 1. The summed E-state index contributed by atoms with van der Waals surface area (Å²) in [6.45, 7) is 3.57. The summed E-state index contributed by atoms with van der Waals surface area (Å²) in [7, 11) is 0. The Balaban J connectivity index is 1.63. The minimum atomic E-state index is -0.276. The molecule has 2 heterocycles. The monoisotopic (exact) mass is 248 g/mol. The van der Waals surface area contributed by atoms with Crippen LogP contribution >= 0.6 is 0 Å². The molecule has 3 nitrogen and oxygen atoms in total. The number of aromatic nitrogens is 1. The van der Waals surface area contributed by atoms with Crippen molar-refractivity contribution in [3.63, 3.8) is 0 Å². The zero-order valence-corrected chi connectivity index (χ0v) is 10.4. The molecule has 0 aliphatic carbocycles. The van der Waals surface area contributed by atoms with Crippen molar-refractivity contribution >= 4 is 11.0 Å². The zero-order valence-electron chi connectivity index (χ0n) is 10.4. The first kappa shape index (κ1) is 11.7. The Hall–Kier alpha value is -1.42. The molecule has 1 aliphatic rings. The van der Waals surface area contributed by atoms with Crippen LogP contribution in [0.25, 0.3) is 11.0 Å². The van der Waals surface area contributed by atoms with Gasteiger partial charge in [0.2, 0.25) is 0 Å². The summed E-state index contributed by atoms with van der Waals surface area (Å²) in [5.74, 6) is -0.276. The second-order valence-corrected chi connectivity index (χ2v) is 4.92. The van der Waals surface area contributed by atoms with E-state index >= 15 is 0 Å². The van der Waals surface area contributed by atoms with Gasteiger partial charge < -0.3 is 9.42 Å². The number of rotatable bonds is 4. The van der Waals surface area contributed by atoms with Crippen molar-refractivity contribution in [3.05, 3.63) is 29.7 Å². The molecule has 0 N–H and O–H groups in total. The first-order valence-electron chi connectivity index (χ1n) is 6.59. The van der Waals surface area contributed by atoms with Crippen LogP contribution in [0.15, 0.2) is 22.7 Å². The highest BCUT2D eigenvalue weighted by atomic mass is 19.1. The van der Waals surface area contributed by atoms with Crippen molar-refractivity contribution in [1.82, 2.24) is 10.1 Å². The fourth-order valence-corrected chi connectivity index (χ4v) is 2.62. The predicted octanol–water partition coefficient (Wildman–Crippen LogP) is 3.00. The van der Waals surface area contributed by atoms with Gasteiger partial charge in [-0.1, -0.05) is 5.16 Å². The molecule has 1 aliphatic heterocycles. The molecule has 96 valence electrons. The molecule has 0 bridgehead atoms. The van der Waals surface area contributed by atoms with Gasteiger partial charge in [-0.15, -0.1) is 0 Å².